The number of nitrogens with zero attached hydrogens (tertiary/aromatic N) is 6. The Bertz CT molecular complexity index is 1170. The third-order valence-corrected chi connectivity index (χ3v) is 5.97. The number of benzene rings is 1. The Morgan fingerprint density at radius 3 is 2.67 bits per heavy atom. The van der Waals surface area contributed by atoms with Crippen LogP contribution in [0.3, 0.4) is 0 Å². The molecular formula is C24H26N6. The number of likely N-dealkylation sites (tertiary alicyclic amines) is 1. The van der Waals surface area contributed by atoms with Crippen molar-refractivity contribution in [2.24, 2.45) is 7.05 Å². The molecule has 0 aliphatic carbocycles. The second kappa shape index (κ2) is 7.54. The molecule has 1 aliphatic heterocycles. The molecule has 0 saturated carbocycles. The Balaban J connectivity index is 1.46. The average Bonchev–Trinajstić information content (AvgIpc) is 3.47. The number of rotatable bonds is 4. The standard InChI is InChI=1S/C24H26N6/c1-17-11-20(7-9-25-17)23-8-10-30(27-23)24-16-28(2)15-22(24)19-6-4-5-18(12-19)21-13-26-29(3)14-21/h4-14,22,24H,15-16H2,1-3H3/t22-,24+/m1/s1. The highest BCUT2D eigenvalue weighted by Crippen LogP contribution is 2.37. The molecule has 3 aromatic heterocycles. The van der Waals surface area contributed by atoms with Gasteiger partial charge in [0.2, 0.25) is 0 Å². The Morgan fingerprint density at radius 1 is 0.967 bits per heavy atom. The number of aryl methyl sites for hydroxylation is 2. The van der Waals surface area contributed by atoms with E-state index < -0.39 is 0 Å². The lowest BCUT2D eigenvalue weighted by Gasteiger charge is -2.20. The molecular weight excluding hydrogens is 372 g/mol. The molecule has 0 bridgehead atoms. The molecule has 6 heteroatoms. The summed E-state index contributed by atoms with van der Waals surface area (Å²) in [6.45, 7) is 4.01. The van der Waals surface area contributed by atoms with Crippen molar-refractivity contribution >= 4 is 0 Å². The average molecular weight is 399 g/mol. The summed E-state index contributed by atoms with van der Waals surface area (Å²) >= 11 is 0. The third kappa shape index (κ3) is 3.55. The monoisotopic (exact) mass is 398 g/mol. The van der Waals surface area contributed by atoms with Crippen LogP contribution in [0.15, 0.2) is 67.3 Å². The molecule has 1 aromatic carbocycles. The predicted molar refractivity (Wildman–Crippen MR) is 118 cm³/mol. The molecule has 30 heavy (non-hydrogen) atoms. The first-order chi connectivity index (χ1) is 14.6. The lowest BCUT2D eigenvalue weighted by Crippen LogP contribution is -2.18. The van der Waals surface area contributed by atoms with Crippen LogP contribution in [0.2, 0.25) is 0 Å². The van der Waals surface area contributed by atoms with E-state index in [9.17, 15) is 0 Å². The highest BCUT2D eigenvalue weighted by atomic mass is 15.3. The van der Waals surface area contributed by atoms with Crippen LogP contribution in [0.25, 0.3) is 22.4 Å². The first-order valence-electron chi connectivity index (χ1n) is 10.3. The highest BCUT2D eigenvalue weighted by Gasteiger charge is 2.34. The van der Waals surface area contributed by atoms with Gasteiger partial charge in [-0.2, -0.15) is 10.2 Å². The van der Waals surface area contributed by atoms with Crippen molar-refractivity contribution in [2.75, 3.05) is 20.1 Å². The summed E-state index contributed by atoms with van der Waals surface area (Å²) in [4.78, 5) is 6.69. The fraction of sp³-hybridized carbons (Fsp3) is 0.292. The molecule has 1 saturated heterocycles. The maximum Gasteiger partial charge on any atom is 0.0924 e. The molecule has 0 unspecified atom stereocenters. The number of pyridine rings is 1. The van der Waals surface area contributed by atoms with Crippen molar-refractivity contribution in [1.82, 2.24) is 29.4 Å². The fourth-order valence-corrected chi connectivity index (χ4v) is 4.47. The Morgan fingerprint density at radius 2 is 1.87 bits per heavy atom. The van der Waals surface area contributed by atoms with Gasteiger partial charge in [-0.05, 0) is 43.3 Å². The molecule has 1 fully saturated rings. The third-order valence-electron chi connectivity index (χ3n) is 5.97. The van der Waals surface area contributed by atoms with Crippen LogP contribution in [0.1, 0.15) is 23.2 Å². The molecule has 2 atom stereocenters. The van der Waals surface area contributed by atoms with Crippen LogP contribution < -0.4 is 0 Å². The van der Waals surface area contributed by atoms with Gasteiger partial charge in [0.1, 0.15) is 0 Å². The molecule has 5 rings (SSSR count). The second-order valence-electron chi connectivity index (χ2n) is 8.29. The van der Waals surface area contributed by atoms with E-state index in [1.165, 1.54) is 11.1 Å². The molecule has 152 valence electrons. The molecule has 0 amide bonds. The van der Waals surface area contributed by atoms with Gasteiger partial charge in [-0.15, -0.1) is 0 Å². The largest absolute Gasteiger partial charge is 0.304 e. The summed E-state index contributed by atoms with van der Waals surface area (Å²) in [5.41, 5.74) is 6.83. The van der Waals surface area contributed by atoms with Crippen molar-refractivity contribution in [1.29, 1.82) is 0 Å². The van der Waals surface area contributed by atoms with E-state index in [0.717, 1.165) is 35.6 Å². The molecule has 0 N–H and O–H groups in total. The molecule has 1 aliphatic rings. The van der Waals surface area contributed by atoms with Crippen molar-refractivity contribution in [3.8, 4) is 22.4 Å². The summed E-state index contributed by atoms with van der Waals surface area (Å²) < 4.78 is 4.00. The second-order valence-corrected chi connectivity index (χ2v) is 8.29. The van der Waals surface area contributed by atoms with Gasteiger partial charge in [0, 0.05) is 61.5 Å². The van der Waals surface area contributed by atoms with Crippen molar-refractivity contribution < 1.29 is 0 Å². The SMILES string of the molecule is Cc1cc(-c2ccn([C@H]3CN(C)C[C@@H]3c3cccc(-c4cnn(C)c4)c3)n2)ccn1. The zero-order chi connectivity index (χ0) is 20.7. The van der Waals surface area contributed by atoms with Gasteiger partial charge in [0.25, 0.3) is 0 Å². The molecule has 4 heterocycles. The topological polar surface area (TPSA) is 51.8 Å². The number of hydrogen-bond acceptors (Lipinski definition) is 4. The fourth-order valence-electron chi connectivity index (χ4n) is 4.47. The zero-order valence-corrected chi connectivity index (χ0v) is 17.6. The quantitative estimate of drug-likeness (QED) is 0.523. The van der Waals surface area contributed by atoms with Crippen molar-refractivity contribution in [3.63, 3.8) is 0 Å². The van der Waals surface area contributed by atoms with Gasteiger partial charge < -0.3 is 4.90 Å². The van der Waals surface area contributed by atoms with Crippen LogP contribution in [-0.4, -0.2) is 49.6 Å². The smallest absolute Gasteiger partial charge is 0.0924 e. The summed E-state index contributed by atoms with van der Waals surface area (Å²) in [6, 6.07) is 15.4. The zero-order valence-electron chi connectivity index (χ0n) is 17.6. The van der Waals surface area contributed by atoms with E-state index in [4.69, 9.17) is 5.10 Å². The van der Waals surface area contributed by atoms with Crippen LogP contribution in [0.5, 0.6) is 0 Å². The number of aromatic nitrogens is 5. The van der Waals surface area contributed by atoms with E-state index in [1.54, 1.807) is 0 Å². The lowest BCUT2D eigenvalue weighted by molar-refractivity contribution is 0.382. The van der Waals surface area contributed by atoms with Crippen molar-refractivity contribution in [2.45, 2.75) is 18.9 Å². The number of hydrogen-bond donors (Lipinski definition) is 0. The normalized spacial score (nSPS) is 19.4. The minimum absolute atomic E-state index is 0.302. The van der Waals surface area contributed by atoms with E-state index in [-0.39, 0.29) is 0 Å². The van der Waals surface area contributed by atoms with Gasteiger partial charge in [-0.1, -0.05) is 24.3 Å². The molecule has 4 aromatic rings. The molecule has 0 spiro atoms. The van der Waals surface area contributed by atoms with Gasteiger partial charge in [0.05, 0.1) is 17.9 Å². The van der Waals surface area contributed by atoms with E-state index in [2.05, 4.69) is 75.5 Å². The Kier molecular flexibility index (Phi) is 4.71. The summed E-state index contributed by atoms with van der Waals surface area (Å²) in [6.07, 6.45) is 7.95. The molecule has 0 radical (unpaired) electrons. The molecule has 6 nitrogen and oxygen atoms in total. The Hall–Kier alpha value is -3.25. The maximum atomic E-state index is 4.95. The van der Waals surface area contributed by atoms with E-state index in [1.807, 2.05) is 37.1 Å². The maximum absolute atomic E-state index is 4.95. The van der Waals surface area contributed by atoms with Gasteiger partial charge in [-0.25, -0.2) is 0 Å². The van der Waals surface area contributed by atoms with Crippen LogP contribution in [-0.2, 0) is 7.05 Å². The Labute approximate surface area is 176 Å². The summed E-state index contributed by atoms with van der Waals surface area (Å²) in [7, 11) is 4.14. The summed E-state index contributed by atoms with van der Waals surface area (Å²) in [5.74, 6) is 0.388. The van der Waals surface area contributed by atoms with Gasteiger partial charge >= 0.3 is 0 Å². The predicted octanol–water partition coefficient (Wildman–Crippen LogP) is 3.92. The summed E-state index contributed by atoms with van der Waals surface area (Å²) in [5, 5.41) is 9.27. The first kappa shape index (κ1) is 18.8. The van der Waals surface area contributed by atoms with Crippen LogP contribution in [0, 0.1) is 6.92 Å². The minimum atomic E-state index is 0.302. The van der Waals surface area contributed by atoms with E-state index >= 15 is 0 Å². The van der Waals surface area contributed by atoms with Crippen molar-refractivity contribution in [3.05, 3.63) is 78.5 Å². The van der Waals surface area contributed by atoms with Gasteiger partial charge in [-0.3, -0.25) is 14.3 Å². The van der Waals surface area contributed by atoms with Crippen LogP contribution in [0.4, 0.5) is 0 Å². The minimum Gasteiger partial charge on any atom is -0.304 e. The van der Waals surface area contributed by atoms with E-state index in [0.29, 0.717) is 12.0 Å². The van der Waals surface area contributed by atoms with Crippen LogP contribution >= 0.6 is 0 Å². The first-order valence-corrected chi connectivity index (χ1v) is 10.3. The lowest BCUT2D eigenvalue weighted by atomic mass is 9.92. The number of likely N-dealkylation sites (N-methyl/N-ethyl adjacent to an activating group) is 1. The van der Waals surface area contributed by atoms with Gasteiger partial charge in [0.15, 0.2) is 0 Å². The highest BCUT2D eigenvalue weighted by molar-refractivity contribution is 5.63.